The molecule has 3 aromatic rings. The van der Waals surface area contributed by atoms with Crippen LogP contribution >= 0.6 is 0 Å². The number of hydrogen-bond donors (Lipinski definition) is 1. The molecule has 2 heterocycles. The monoisotopic (exact) mass is 346 g/mol. The molecule has 0 aliphatic carbocycles. The summed E-state index contributed by atoms with van der Waals surface area (Å²) in [5.74, 6) is 1.28. The normalized spacial score (nSPS) is 13.3. The molecule has 0 unspecified atom stereocenters. The van der Waals surface area contributed by atoms with Gasteiger partial charge < -0.3 is 14.8 Å². The molecule has 1 atom stereocenters. The molecular weight excluding hydrogens is 328 g/mol. The molecule has 2 aromatic carbocycles. The van der Waals surface area contributed by atoms with E-state index < -0.39 is 0 Å². The molecule has 0 radical (unpaired) electrons. The number of carbonyl (C=O) groups excluding carboxylic acids is 1. The lowest BCUT2D eigenvalue weighted by molar-refractivity contribution is 0.0939. The minimum absolute atomic E-state index is 0.0853. The van der Waals surface area contributed by atoms with Crippen LogP contribution in [0.2, 0.25) is 0 Å². The molecule has 0 fully saturated rings. The first-order valence-corrected chi connectivity index (χ1v) is 8.41. The molecule has 1 aliphatic heterocycles. The third kappa shape index (κ3) is 3.24. The number of nitrogens with zero attached hydrogens (tertiary/aromatic N) is 1. The second kappa shape index (κ2) is 6.88. The number of amides is 1. The Morgan fingerprint density at radius 1 is 1.00 bits per heavy atom. The van der Waals surface area contributed by atoms with Crippen molar-refractivity contribution in [3.05, 3.63) is 78.1 Å². The van der Waals surface area contributed by atoms with E-state index in [1.54, 1.807) is 12.4 Å². The summed E-state index contributed by atoms with van der Waals surface area (Å²) in [6.07, 6.45) is 3.30. The fourth-order valence-electron chi connectivity index (χ4n) is 2.90. The van der Waals surface area contributed by atoms with Gasteiger partial charge in [0.1, 0.15) is 0 Å². The molecule has 0 spiro atoms. The summed E-state index contributed by atoms with van der Waals surface area (Å²) in [5, 5.41) is 3.01. The largest absolute Gasteiger partial charge is 0.454 e. The average Bonchev–Trinajstić information content (AvgIpc) is 3.16. The van der Waals surface area contributed by atoms with Gasteiger partial charge in [-0.05, 0) is 36.2 Å². The molecule has 0 bridgehead atoms. The molecule has 1 amide bonds. The van der Waals surface area contributed by atoms with E-state index in [1.807, 2.05) is 61.5 Å². The summed E-state index contributed by atoms with van der Waals surface area (Å²) in [7, 11) is 0. The predicted octanol–water partition coefficient (Wildman–Crippen LogP) is 3.97. The lowest BCUT2D eigenvalue weighted by atomic mass is 10.0. The molecule has 1 aromatic heterocycles. The summed E-state index contributed by atoms with van der Waals surface area (Å²) < 4.78 is 10.8. The van der Waals surface area contributed by atoms with Crippen molar-refractivity contribution in [3.8, 4) is 22.6 Å². The molecule has 0 saturated heterocycles. The van der Waals surface area contributed by atoms with Gasteiger partial charge in [-0.15, -0.1) is 0 Å². The van der Waals surface area contributed by atoms with Gasteiger partial charge in [0.15, 0.2) is 11.5 Å². The Kier molecular flexibility index (Phi) is 4.27. The zero-order valence-electron chi connectivity index (χ0n) is 14.3. The van der Waals surface area contributed by atoms with Crippen LogP contribution in [-0.2, 0) is 0 Å². The van der Waals surface area contributed by atoms with Crippen molar-refractivity contribution in [3.63, 3.8) is 0 Å². The van der Waals surface area contributed by atoms with Gasteiger partial charge in [-0.3, -0.25) is 9.78 Å². The van der Waals surface area contributed by atoms with Crippen molar-refractivity contribution in [2.45, 2.75) is 13.0 Å². The van der Waals surface area contributed by atoms with Crippen molar-refractivity contribution < 1.29 is 14.3 Å². The summed E-state index contributed by atoms with van der Waals surface area (Å²) in [5.41, 5.74) is 3.35. The van der Waals surface area contributed by atoms with E-state index in [0.29, 0.717) is 11.3 Å². The standard InChI is InChI=1S/C21H18N2O3/c1-14(15-5-3-2-4-6-15)23-21(24)18-9-17(11-22-12-18)16-7-8-19-20(10-16)26-13-25-19/h2-12,14H,13H2,1H3,(H,23,24)/t14-/m1/s1. The van der Waals surface area contributed by atoms with Crippen molar-refractivity contribution in [2.24, 2.45) is 0 Å². The number of carbonyl (C=O) groups is 1. The quantitative estimate of drug-likeness (QED) is 0.776. The SMILES string of the molecule is C[C@@H](NC(=O)c1cncc(-c2ccc3c(c2)OCO3)c1)c1ccccc1. The van der Waals surface area contributed by atoms with Gasteiger partial charge >= 0.3 is 0 Å². The molecule has 5 nitrogen and oxygen atoms in total. The maximum absolute atomic E-state index is 12.6. The minimum Gasteiger partial charge on any atom is -0.454 e. The van der Waals surface area contributed by atoms with Gasteiger partial charge in [0.25, 0.3) is 5.91 Å². The van der Waals surface area contributed by atoms with Crippen LogP contribution in [0.3, 0.4) is 0 Å². The van der Waals surface area contributed by atoms with Crippen LogP contribution in [0.25, 0.3) is 11.1 Å². The summed E-state index contributed by atoms with van der Waals surface area (Å²) in [4.78, 5) is 16.8. The van der Waals surface area contributed by atoms with Gasteiger partial charge in [-0.2, -0.15) is 0 Å². The Morgan fingerprint density at radius 3 is 2.65 bits per heavy atom. The minimum atomic E-state index is -0.156. The number of ether oxygens (including phenoxy) is 2. The Hall–Kier alpha value is -3.34. The van der Waals surface area contributed by atoms with E-state index in [-0.39, 0.29) is 18.7 Å². The van der Waals surface area contributed by atoms with E-state index in [0.717, 1.165) is 22.4 Å². The van der Waals surface area contributed by atoms with Crippen LogP contribution in [0.4, 0.5) is 0 Å². The van der Waals surface area contributed by atoms with E-state index in [9.17, 15) is 4.79 Å². The lowest BCUT2D eigenvalue weighted by Crippen LogP contribution is -2.26. The van der Waals surface area contributed by atoms with Gasteiger partial charge in [-0.1, -0.05) is 36.4 Å². The molecule has 130 valence electrons. The number of hydrogen-bond acceptors (Lipinski definition) is 4. The highest BCUT2D eigenvalue weighted by Crippen LogP contribution is 2.35. The van der Waals surface area contributed by atoms with Crippen LogP contribution in [0.15, 0.2) is 67.0 Å². The van der Waals surface area contributed by atoms with Crippen LogP contribution in [0.1, 0.15) is 28.9 Å². The zero-order valence-corrected chi connectivity index (χ0v) is 14.3. The van der Waals surface area contributed by atoms with Crippen LogP contribution < -0.4 is 14.8 Å². The van der Waals surface area contributed by atoms with Gasteiger partial charge in [0, 0.05) is 18.0 Å². The first-order chi connectivity index (χ1) is 12.7. The molecule has 5 heteroatoms. The number of rotatable bonds is 4. The molecule has 1 N–H and O–H groups in total. The third-order valence-corrected chi connectivity index (χ3v) is 4.35. The van der Waals surface area contributed by atoms with Gasteiger partial charge in [-0.25, -0.2) is 0 Å². The smallest absolute Gasteiger partial charge is 0.253 e. The second-order valence-corrected chi connectivity index (χ2v) is 6.14. The van der Waals surface area contributed by atoms with E-state index in [2.05, 4.69) is 10.3 Å². The highest BCUT2D eigenvalue weighted by molar-refractivity contribution is 5.95. The third-order valence-electron chi connectivity index (χ3n) is 4.35. The van der Waals surface area contributed by atoms with Crippen molar-refractivity contribution in [1.29, 1.82) is 0 Å². The first kappa shape index (κ1) is 16.1. The Bertz CT molecular complexity index is 941. The van der Waals surface area contributed by atoms with E-state index in [1.165, 1.54) is 0 Å². The van der Waals surface area contributed by atoms with Crippen molar-refractivity contribution in [2.75, 3.05) is 6.79 Å². The Balaban J connectivity index is 1.55. The van der Waals surface area contributed by atoms with E-state index in [4.69, 9.17) is 9.47 Å². The topological polar surface area (TPSA) is 60.5 Å². The first-order valence-electron chi connectivity index (χ1n) is 8.41. The van der Waals surface area contributed by atoms with Crippen molar-refractivity contribution in [1.82, 2.24) is 10.3 Å². The predicted molar refractivity (Wildman–Crippen MR) is 98.1 cm³/mol. The number of pyridine rings is 1. The van der Waals surface area contributed by atoms with Crippen LogP contribution in [-0.4, -0.2) is 17.7 Å². The van der Waals surface area contributed by atoms with E-state index >= 15 is 0 Å². The Morgan fingerprint density at radius 2 is 1.81 bits per heavy atom. The second-order valence-electron chi connectivity index (χ2n) is 6.14. The van der Waals surface area contributed by atoms with Gasteiger partial charge in [0.05, 0.1) is 11.6 Å². The summed E-state index contributed by atoms with van der Waals surface area (Å²) in [6.45, 7) is 2.19. The maximum Gasteiger partial charge on any atom is 0.253 e. The van der Waals surface area contributed by atoms with Crippen LogP contribution in [0, 0.1) is 0 Å². The summed E-state index contributed by atoms with van der Waals surface area (Å²) >= 11 is 0. The fourth-order valence-corrected chi connectivity index (χ4v) is 2.90. The molecule has 26 heavy (non-hydrogen) atoms. The highest BCUT2D eigenvalue weighted by atomic mass is 16.7. The number of fused-ring (bicyclic) bond motifs is 1. The Labute approximate surface area is 151 Å². The number of nitrogens with one attached hydrogen (secondary N) is 1. The molecule has 4 rings (SSSR count). The molecule has 0 saturated carbocycles. The van der Waals surface area contributed by atoms with Crippen LogP contribution in [0.5, 0.6) is 11.5 Å². The lowest BCUT2D eigenvalue weighted by Gasteiger charge is -2.14. The number of benzene rings is 2. The molecular formula is C21H18N2O3. The van der Waals surface area contributed by atoms with Crippen molar-refractivity contribution >= 4 is 5.91 Å². The summed E-state index contributed by atoms with van der Waals surface area (Å²) in [6, 6.07) is 17.3. The van der Waals surface area contributed by atoms with Gasteiger partial charge in [0.2, 0.25) is 6.79 Å². The highest BCUT2D eigenvalue weighted by Gasteiger charge is 2.16. The fraction of sp³-hybridized carbons (Fsp3) is 0.143. The zero-order chi connectivity index (χ0) is 17.9. The molecule has 1 aliphatic rings. The number of aromatic nitrogens is 1. The average molecular weight is 346 g/mol. The maximum atomic E-state index is 12.6.